The SMILES string of the molecule is CC(C)NC(=O)CSCC(=O)c1cccc(F)c1. The topological polar surface area (TPSA) is 46.2 Å². The van der Waals surface area contributed by atoms with Crippen molar-refractivity contribution in [2.75, 3.05) is 11.5 Å². The van der Waals surface area contributed by atoms with Gasteiger partial charge in [-0.1, -0.05) is 12.1 Å². The lowest BCUT2D eigenvalue weighted by Gasteiger charge is -2.07. The first-order valence-corrected chi connectivity index (χ1v) is 6.80. The molecule has 0 atom stereocenters. The van der Waals surface area contributed by atoms with Crippen LogP contribution < -0.4 is 5.32 Å². The first kappa shape index (κ1) is 14.7. The lowest BCUT2D eigenvalue weighted by atomic mass is 10.1. The van der Waals surface area contributed by atoms with Crippen LogP contribution in [-0.2, 0) is 4.79 Å². The van der Waals surface area contributed by atoms with Gasteiger partial charge >= 0.3 is 0 Å². The van der Waals surface area contributed by atoms with Crippen LogP contribution >= 0.6 is 11.8 Å². The molecule has 18 heavy (non-hydrogen) atoms. The average Bonchev–Trinajstić information content (AvgIpc) is 2.27. The molecule has 0 saturated carbocycles. The Bertz CT molecular complexity index is 435. The van der Waals surface area contributed by atoms with Crippen molar-refractivity contribution in [1.82, 2.24) is 5.32 Å². The average molecular weight is 269 g/mol. The number of hydrogen-bond donors (Lipinski definition) is 1. The van der Waals surface area contributed by atoms with Gasteiger partial charge in [-0.05, 0) is 26.0 Å². The summed E-state index contributed by atoms with van der Waals surface area (Å²) < 4.78 is 12.9. The number of rotatable bonds is 6. The fourth-order valence-corrected chi connectivity index (χ4v) is 2.07. The maximum Gasteiger partial charge on any atom is 0.230 e. The van der Waals surface area contributed by atoms with Gasteiger partial charge in [0.25, 0.3) is 0 Å². The predicted octanol–water partition coefficient (Wildman–Crippen LogP) is 2.27. The molecular weight excluding hydrogens is 253 g/mol. The number of Topliss-reactive ketones (excluding diaryl/α,β-unsaturated/α-hetero) is 1. The van der Waals surface area contributed by atoms with Gasteiger partial charge in [0, 0.05) is 11.6 Å². The fourth-order valence-electron chi connectivity index (χ4n) is 1.35. The van der Waals surface area contributed by atoms with E-state index < -0.39 is 5.82 Å². The molecule has 0 aliphatic carbocycles. The monoisotopic (exact) mass is 269 g/mol. The van der Waals surface area contributed by atoms with E-state index in [0.717, 1.165) is 0 Å². The van der Waals surface area contributed by atoms with Crippen molar-refractivity contribution in [1.29, 1.82) is 0 Å². The number of ketones is 1. The van der Waals surface area contributed by atoms with E-state index in [9.17, 15) is 14.0 Å². The van der Waals surface area contributed by atoms with Gasteiger partial charge in [0.05, 0.1) is 11.5 Å². The molecule has 1 amide bonds. The molecule has 3 nitrogen and oxygen atoms in total. The molecule has 0 fully saturated rings. The van der Waals surface area contributed by atoms with Crippen molar-refractivity contribution < 1.29 is 14.0 Å². The maximum absolute atomic E-state index is 12.9. The minimum atomic E-state index is -0.427. The van der Waals surface area contributed by atoms with Gasteiger partial charge in [0.15, 0.2) is 5.78 Å². The van der Waals surface area contributed by atoms with E-state index in [4.69, 9.17) is 0 Å². The number of nitrogens with one attached hydrogen (secondary N) is 1. The van der Waals surface area contributed by atoms with Crippen LogP contribution in [0, 0.1) is 5.82 Å². The van der Waals surface area contributed by atoms with Crippen molar-refractivity contribution in [2.24, 2.45) is 0 Å². The van der Waals surface area contributed by atoms with Gasteiger partial charge < -0.3 is 5.32 Å². The van der Waals surface area contributed by atoms with Crippen molar-refractivity contribution in [3.05, 3.63) is 35.6 Å². The summed E-state index contributed by atoms with van der Waals surface area (Å²) in [4.78, 5) is 23.0. The van der Waals surface area contributed by atoms with Crippen molar-refractivity contribution in [3.63, 3.8) is 0 Å². The third-order valence-corrected chi connectivity index (χ3v) is 3.00. The Kier molecular flexibility index (Phi) is 5.85. The minimum Gasteiger partial charge on any atom is -0.353 e. The number of carbonyl (C=O) groups excluding carboxylic acids is 2. The predicted molar refractivity (Wildman–Crippen MR) is 71.3 cm³/mol. The third-order valence-electron chi connectivity index (χ3n) is 2.06. The van der Waals surface area contributed by atoms with E-state index in [1.54, 1.807) is 6.07 Å². The van der Waals surface area contributed by atoms with Gasteiger partial charge in [0.2, 0.25) is 5.91 Å². The molecule has 0 heterocycles. The molecule has 0 bridgehead atoms. The highest BCUT2D eigenvalue weighted by atomic mass is 32.2. The molecule has 0 saturated heterocycles. The van der Waals surface area contributed by atoms with Crippen LogP contribution in [0.4, 0.5) is 4.39 Å². The molecule has 1 aromatic rings. The Balaban J connectivity index is 2.36. The Hall–Kier alpha value is -1.36. The molecule has 5 heteroatoms. The van der Waals surface area contributed by atoms with Crippen LogP contribution in [0.3, 0.4) is 0 Å². The van der Waals surface area contributed by atoms with Crippen LogP contribution in [-0.4, -0.2) is 29.2 Å². The summed E-state index contributed by atoms with van der Waals surface area (Å²) in [7, 11) is 0. The molecule has 0 radical (unpaired) electrons. The Morgan fingerprint density at radius 3 is 2.67 bits per heavy atom. The van der Waals surface area contributed by atoms with Crippen molar-refractivity contribution >= 4 is 23.5 Å². The molecule has 0 aliphatic rings. The van der Waals surface area contributed by atoms with Crippen LogP contribution in [0.15, 0.2) is 24.3 Å². The molecule has 1 aromatic carbocycles. The molecule has 1 N–H and O–H groups in total. The molecule has 0 aliphatic heterocycles. The molecule has 0 aromatic heterocycles. The molecule has 0 unspecified atom stereocenters. The number of thioether (sulfide) groups is 1. The quantitative estimate of drug-likeness (QED) is 0.806. The van der Waals surface area contributed by atoms with Gasteiger partial charge in [-0.2, -0.15) is 0 Å². The van der Waals surface area contributed by atoms with Crippen molar-refractivity contribution in [2.45, 2.75) is 19.9 Å². The van der Waals surface area contributed by atoms with E-state index in [2.05, 4.69) is 5.32 Å². The molecule has 0 spiro atoms. The summed E-state index contributed by atoms with van der Waals surface area (Å²) in [5.41, 5.74) is 0.340. The highest BCUT2D eigenvalue weighted by Gasteiger charge is 2.09. The largest absolute Gasteiger partial charge is 0.353 e. The third kappa shape index (κ3) is 5.31. The summed E-state index contributed by atoms with van der Waals surface area (Å²) in [5.74, 6) is -0.281. The normalized spacial score (nSPS) is 10.4. The number of amides is 1. The lowest BCUT2D eigenvalue weighted by molar-refractivity contribution is -0.119. The summed E-state index contributed by atoms with van der Waals surface area (Å²) in [6.07, 6.45) is 0. The summed E-state index contributed by atoms with van der Waals surface area (Å²) in [6, 6.07) is 5.66. The minimum absolute atomic E-state index is 0.0945. The number of carbonyl (C=O) groups is 2. The Labute approximate surface area is 110 Å². The second kappa shape index (κ2) is 7.16. The summed E-state index contributed by atoms with van der Waals surface area (Å²) >= 11 is 1.23. The van der Waals surface area contributed by atoms with Crippen LogP contribution in [0.1, 0.15) is 24.2 Å². The standard InChI is InChI=1S/C13H16FNO2S/c1-9(2)15-13(17)8-18-7-12(16)10-4-3-5-11(14)6-10/h3-6,9H,7-8H2,1-2H3,(H,15,17). The second-order valence-corrected chi connectivity index (χ2v) is 5.13. The highest BCUT2D eigenvalue weighted by Crippen LogP contribution is 2.09. The first-order chi connectivity index (χ1) is 8.49. The molecule has 1 rings (SSSR count). The van der Waals surface area contributed by atoms with Gasteiger partial charge in [-0.3, -0.25) is 9.59 Å². The zero-order valence-electron chi connectivity index (χ0n) is 10.4. The fraction of sp³-hybridized carbons (Fsp3) is 0.385. The number of benzene rings is 1. The lowest BCUT2D eigenvalue weighted by Crippen LogP contribution is -2.31. The molecule has 98 valence electrons. The zero-order valence-corrected chi connectivity index (χ0v) is 11.2. The van der Waals surface area contributed by atoms with E-state index >= 15 is 0 Å². The van der Waals surface area contributed by atoms with E-state index in [1.807, 2.05) is 13.8 Å². The maximum atomic E-state index is 12.9. The molecular formula is C13H16FNO2S. The van der Waals surface area contributed by atoms with E-state index in [1.165, 1.54) is 30.0 Å². The Morgan fingerprint density at radius 1 is 1.33 bits per heavy atom. The Morgan fingerprint density at radius 2 is 2.06 bits per heavy atom. The van der Waals surface area contributed by atoms with Gasteiger partial charge in [-0.15, -0.1) is 11.8 Å². The summed E-state index contributed by atoms with van der Waals surface area (Å²) in [5, 5.41) is 2.73. The van der Waals surface area contributed by atoms with E-state index in [-0.39, 0.29) is 29.2 Å². The van der Waals surface area contributed by atoms with Crippen LogP contribution in [0.25, 0.3) is 0 Å². The first-order valence-electron chi connectivity index (χ1n) is 5.65. The number of hydrogen-bond acceptors (Lipinski definition) is 3. The zero-order chi connectivity index (χ0) is 13.5. The summed E-state index contributed by atoms with van der Waals surface area (Å²) in [6.45, 7) is 3.75. The van der Waals surface area contributed by atoms with Crippen LogP contribution in [0.2, 0.25) is 0 Å². The van der Waals surface area contributed by atoms with Crippen LogP contribution in [0.5, 0.6) is 0 Å². The number of halogens is 1. The second-order valence-electron chi connectivity index (χ2n) is 4.15. The van der Waals surface area contributed by atoms with Gasteiger partial charge in [-0.25, -0.2) is 4.39 Å². The highest BCUT2D eigenvalue weighted by molar-refractivity contribution is 8.00. The van der Waals surface area contributed by atoms with Crippen molar-refractivity contribution in [3.8, 4) is 0 Å². The smallest absolute Gasteiger partial charge is 0.230 e. The van der Waals surface area contributed by atoms with E-state index in [0.29, 0.717) is 5.56 Å². The van der Waals surface area contributed by atoms with Gasteiger partial charge in [0.1, 0.15) is 5.82 Å².